The Morgan fingerprint density at radius 2 is 2.10 bits per heavy atom. The highest BCUT2D eigenvalue weighted by molar-refractivity contribution is 9.10. The lowest BCUT2D eigenvalue weighted by Gasteiger charge is -2.17. The maximum atomic E-state index is 5.90. The number of hydrogen-bond donors (Lipinski definition) is 1. The number of aliphatic imine (C=N–C) groups is 1. The second-order valence-electron chi connectivity index (χ2n) is 4.75. The van der Waals surface area contributed by atoms with E-state index in [1.807, 2.05) is 36.4 Å². The van der Waals surface area contributed by atoms with E-state index in [4.69, 9.17) is 4.74 Å². The van der Waals surface area contributed by atoms with Gasteiger partial charge in [-0.15, -0.1) is 0 Å². The van der Waals surface area contributed by atoms with Crippen molar-refractivity contribution >= 4 is 21.8 Å². The zero-order valence-corrected chi connectivity index (χ0v) is 13.1. The first-order valence-electron chi connectivity index (χ1n) is 6.94. The van der Waals surface area contributed by atoms with Gasteiger partial charge < -0.3 is 10.1 Å². The van der Waals surface area contributed by atoms with Gasteiger partial charge in [0.1, 0.15) is 12.4 Å². The second-order valence-corrected chi connectivity index (χ2v) is 5.60. The SMILES string of the molecule is Brc1ccccc1COc1ncccc1C1=NCCCN1. The number of rotatable bonds is 4. The fraction of sp³-hybridized carbons (Fsp3) is 0.250. The van der Waals surface area contributed by atoms with Crippen LogP contribution in [0.1, 0.15) is 17.5 Å². The zero-order chi connectivity index (χ0) is 14.5. The van der Waals surface area contributed by atoms with Crippen LogP contribution < -0.4 is 10.1 Å². The van der Waals surface area contributed by atoms with Crippen molar-refractivity contribution in [3.05, 3.63) is 58.2 Å². The molecule has 0 unspecified atom stereocenters. The number of nitrogens with one attached hydrogen (secondary N) is 1. The van der Waals surface area contributed by atoms with Crippen LogP contribution >= 0.6 is 15.9 Å². The predicted molar refractivity (Wildman–Crippen MR) is 86.7 cm³/mol. The summed E-state index contributed by atoms with van der Waals surface area (Å²) in [7, 11) is 0. The molecule has 0 saturated carbocycles. The summed E-state index contributed by atoms with van der Waals surface area (Å²) in [5, 5.41) is 3.31. The van der Waals surface area contributed by atoms with Gasteiger partial charge in [-0.1, -0.05) is 34.1 Å². The number of hydrogen-bond acceptors (Lipinski definition) is 4. The average Bonchev–Trinajstić information content (AvgIpc) is 2.55. The Labute approximate surface area is 132 Å². The van der Waals surface area contributed by atoms with E-state index in [2.05, 4.69) is 31.2 Å². The molecule has 108 valence electrons. The van der Waals surface area contributed by atoms with Crippen LogP contribution in [0.2, 0.25) is 0 Å². The average molecular weight is 346 g/mol. The standard InChI is InChI=1S/C16H16BrN3O/c17-14-7-2-1-5-12(14)11-21-16-13(6-3-8-20-16)15-18-9-4-10-19-15/h1-3,5-8H,4,9-11H2,(H,18,19). The minimum absolute atomic E-state index is 0.471. The van der Waals surface area contributed by atoms with Crippen molar-refractivity contribution < 1.29 is 4.74 Å². The number of benzene rings is 1. The molecular weight excluding hydrogens is 330 g/mol. The van der Waals surface area contributed by atoms with Gasteiger partial charge >= 0.3 is 0 Å². The van der Waals surface area contributed by atoms with Gasteiger partial charge in [-0.25, -0.2) is 4.98 Å². The van der Waals surface area contributed by atoms with Crippen LogP contribution in [0.25, 0.3) is 0 Å². The lowest BCUT2D eigenvalue weighted by Crippen LogP contribution is -2.30. The maximum absolute atomic E-state index is 5.90. The molecule has 1 aliphatic rings. The Bertz CT molecular complexity index is 657. The molecule has 0 bridgehead atoms. The third kappa shape index (κ3) is 3.42. The van der Waals surface area contributed by atoms with E-state index in [1.165, 1.54) is 0 Å². The maximum Gasteiger partial charge on any atom is 0.224 e. The molecule has 2 heterocycles. The third-order valence-corrected chi connectivity index (χ3v) is 4.02. The Hall–Kier alpha value is -1.88. The number of aromatic nitrogens is 1. The summed E-state index contributed by atoms with van der Waals surface area (Å²) in [4.78, 5) is 8.85. The molecule has 1 N–H and O–H groups in total. The second kappa shape index (κ2) is 6.72. The van der Waals surface area contributed by atoms with Crippen molar-refractivity contribution in [1.29, 1.82) is 0 Å². The molecular formula is C16H16BrN3O. The van der Waals surface area contributed by atoms with Gasteiger partial charge in [-0.2, -0.15) is 0 Å². The van der Waals surface area contributed by atoms with Gasteiger partial charge in [0.2, 0.25) is 5.88 Å². The van der Waals surface area contributed by atoms with Crippen molar-refractivity contribution in [3.8, 4) is 5.88 Å². The number of pyridine rings is 1. The van der Waals surface area contributed by atoms with E-state index >= 15 is 0 Å². The van der Waals surface area contributed by atoms with Gasteiger partial charge in [0, 0.05) is 29.3 Å². The van der Waals surface area contributed by atoms with E-state index in [1.54, 1.807) is 6.20 Å². The van der Waals surface area contributed by atoms with Gasteiger partial charge in [0.15, 0.2) is 0 Å². The molecule has 0 amide bonds. The predicted octanol–water partition coefficient (Wildman–Crippen LogP) is 3.16. The topological polar surface area (TPSA) is 46.5 Å². The highest BCUT2D eigenvalue weighted by Crippen LogP contribution is 2.21. The summed E-state index contributed by atoms with van der Waals surface area (Å²) in [5.74, 6) is 1.48. The molecule has 0 saturated heterocycles. The lowest BCUT2D eigenvalue weighted by atomic mass is 10.2. The lowest BCUT2D eigenvalue weighted by molar-refractivity contribution is 0.292. The smallest absolute Gasteiger partial charge is 0.224 e. The number of amidine groups is 1. The number of halogens is 1. The van der Waals surface area contributed by atoms with Gasteiger partial charge in [-0.3, -0.25) is 4.99 Å². The molecule has 0 spiro atoms. The summed E-state index contributed by atoms with van der Waals surface area (Å²) >= 11 is 3.53. The monoisotopic (exact) mass is 345 g/mol. The molecule has 0 atom stereocenters. The third-order valence-electron chi connectivity index (χ3n) is 3.25. The number of nitrogens with zero attached hydrogens (tertiary/aromatic N) is 2. The Morgan fingerprint density at radius 1 is 1.19 bits per heavy atom. The van der Waals surface area contributed by atoms with Crippen LogP contribution in [0.15, 0.2) is 52.1 Å². The zero-order valence-electron chi connectivity index (χ0n) is 11.6. The first kappa shape index (κ1) is 14.1. The summed E-state index contributed by atoms with van der Waals surface area (Å²) in [6, 6.07) is 11.9. The molecule has 1 aromatic heterocycles. The largest absolute Gasteiger partial charge is 0.472 e. The number of ether oxygens (including phenoxy) is 1. The van der Waals surface area contributed by atoms with E-state index in [0.717, 1.165) is 40.9 Å². The molecule has 4 nitrogen and oxygen atoms in total. The molecule has 0 radical (unpaired) electrons. The van der Waals surface area contributed by atoms with Crippen molar-refractivity contribution in [3.63, 3.8) is 0 Å². The molecule has 5 heteroatoms. The van der Waals surface area contributed by atoms with Crippen LogP contribution in [0.5, 0.6) is 5.88 Å². The van der Waals surface area contributed by atoms with E-state index in [9.17, 15) is 0 Å². The molecule has 1 aliphatic heterocycles. The first-order chi connectivity index (χ1) is 10.3. The van der Waals surface area contributed by atoms with Crippen molar-refractivity contribution in [2.75, 3.05) is 13.1 Å². The summed E-state index contributed by atoms with van der Waals surface area (Å²) in [6.07, 6.45) is 2.80. The molecule has 0 fully saturated rings. The van der Waals surface area contributed by atoms with Gasteiger partial charge in [0.05, 0.1) is 5.56 Å². The van der Waals surface area contributed by atoms with Crippen LogP contribution in [0, 0.1) is 0 Å². The minimum atomic E-state index is 0.471. The molecule has 2 aromatic rings. The fourth-order valence-electron chi connectivity index (χ4n) is 2.16. The Morgan fingerprint density at radius 3 is 2.90 bits per heavy atom. The van der Waals surface area contributed by atoms with Crippen LogP contribution in [0.4, 0.5) is 0 Å². The Kier molecular flexibility index (Phi) is 4.50. The molecule has 1 aromatic carbocycles. The summed E-state index contributed by atoms with van der Waals surface area (Å²) in [5.41, 5.74) is 2.01. The fourth-order valence-corrected chi connectivity index (χ4v) is 2.56. The van der Waals surface area contributed by atoms with Crippen LogP contribution in [-0.2, 0) is 6.61 Å². The summed E-state index contributed by atoms with van der Waals surface area (Å²) < 4.78 is 6.93. The first-order valence-corrected chi connectivity index (χ1v) is 7.74. The van der Waals surface area contributed by atoms with E-state index in [0.29, 0.717) is 12.5 Å². The quantitative estimate of drug-likeness (QED) is 0.925. The highest BCUT2D eigenvalue weighted by Gasteiger charge is 2.13. The van der Waals surface area contributed by atoms with Crippen molar-refractivity contribution in [2.45, 2.75) is 13.0 Å². The highest BCUT2D eigenvalue weighted by atomic mass is 79.9. The molecule has 21 heavy (non-hydrogen) atoms. The van der Waals surface area contributed by atoms with Crippen molar-refractivity contribution in [1.82, 2.24) is 10.3 Å². The van der Waals surface area contributed by atoms with E-state index in [-0.39, 0.29) is 0 Å². The molecule has 0 aliphatic carbocycles. The normalized spacial score (nSPS) is 14.2. The Balaban J connectivity index is 1.80. The van der Waals surface area contributed by atoms with E-state index < -0.39 is 0 Å². The van der Waals surface area contributed by atoms with Gasteiger partial charge in [-0.05, 0) is 24.6 Å². The molecule has 3 rings (SSSR count). The summed E-state index contributed by atoms with van der Waals surface area (Å²) in [6.45, 7) is 2.26. The van der Waals surface area contributed by atoms with Crippen LogP contribution in [0.3, 0.4) is 0 Å². The minimum Gasteiger partial charge on any atom is -0.472 e. The van der Waals surface area contributed by atoms with Crippen LogP contribution in [-0.4, -0.2) is 23.9 Å². The van der Waals surface area contributed by atoms with Gasteiger partial charge in [0.25, 0.3) is 0 Å². The van der Waals surface area contributed by atoms with Crippen molar-refractivity contribution in [2.24, 2.45) is 4.99 Å².